The van der Waals surface area contributed by atoms with E-state index in [9.17, 15) is 4.79 Å². The molecular weight excluding hydrogens is 364 g/mol. The molecule has 1 aromatic rings. The summed E-state index contributed by atoms with van der Waals surface area (Å²) in [5, 5.41) is 3.10. The van der Waals surface area contributed by atoms with Gasteiger partial charge in [0.05, 0.1) is 5.69 Å². The van der Waals surface area contributed by atoms with Crippen LogP contribution in [0.3, 0.4) is 0 Å². The normalized spacial score (nSPS) is 12.7. The number of hydrogen-bond acceptors (Lipinski definition) is 4. The van der Waals surface area contributed by atoms with Crippen molar-refractivity contribution in [1.29, 1.82) is 0 Å². The maximum absolute atomic E-state index is 11.5. The van der Waals surface area contributed by atoms with Crippen LogP contribution in [0.4, 0.5) is 0 Å². The van der Waals surface area contributed by atoms with E-state index >= 15 is 0 Å². The molecule has 0 aromatic carbocycles. The summed E-state index contributed by atoms with van der Waals surface area (Å²) in [7, 11) is 3.93. The van der Waals surface area contributed by atoms with Crippen LogP contribution in [-0.4, -0.2) is 43.0 Å². The first-order valence-corrected chi connectivity index (χ1v) is 6.98. The number of carbonyl (C=O) groups is 1. The van der Waals surface area contributed by atoms with E-state index in [0.29, 0.717) is 12.2 Å². The van der Waals surface area contributed by atoms with Crippen molar-refractivity contribution in [3.05, 3.63) is 26.9 Å². The van der Waals surface area contributed by atoms with Gasteiger partial charge in [-0.15, -0.1) is 0 Å². The molecule has 1 atom stereocenters. The summed E-state index contributed by atoms with van der Waals surface area (Å²) in [6, 6.07) is 1.25. The Labute approximate surface area is 123 Å². The molecule has 1 rings (SSSR count). The highest BCUT2D eigenvalue weighted by atomic mass is 79.9. The molecule has 1 aromatic heterocycles. The number of rotatable bonds is 6. The van der Waals surface area contributed by atoms with Gasteiger partial charge in [0.2, 0.25) is 5.91 Å². The average molecular weight is 380 g/mol. The third-order valence-corrected chi connectivity index (χ3v) is 3.37. The minimum absolute atomic E-state index is 0.440. The van der Waals surface area contributed by atoms with Crippen LogP contribution in [0.25, 0.3) is 0 Å². The van der Waals surface area contributed by atoms with Crippen molar-refractivity contribution < 1.29 is 4.79 Å². The first kappa shape index (κ1) is 15.6. The number of amides is 1. The average Bonchev–Trinajstić information content (AvgIpc) is 2.25. The molecule has 3 N–H and O–H groups in total. The Morgan fingerprint density at radius 3 is 2.72 bits per heavy atom. The molecule has 0 aliphatic carbocycles. The highest BCUT2D eigenvalue weighted by Gasteiger charge is 2.21. The highest BCUT2D eigenvalue weighted by molar-refractivity contribution is 9.11. The van der Waals surface area contributed by atoms with Gasteiger partial charge in [-0.3, -0.25) is 15.1 Å². The molecule has 0 aliphatic rings. The van der Waals surface area contributed by atoms with Gasteiger partial charge in [0.25, 0.3) is 0 Å². The molecule has 0 saturated carbocycles. The van der Waals surface area contributed by atoms with E-state index in [2.05, 4.69) is 42.2 Å². The van der Waals surface area contributed by atoms with Crippen LogP contribution in [0.2, 0.25) is 0 Å². The number of halogens is 2. The van der Waals surface area contributed by atoms with Gasteiger partial charge in [-0.2, -0.15) is 0 Å². The van der Waals surface area contributed by atoms with E-state index in [1.807, 2.05) is 25.1 Å². The largest absolute Gasteiger partial charge is 0.368 e. The van der Waals surface area contributed by atoms with Gasteiger partial charge in [0.1, 0.15) is 6.04 Å². The molecule has 100 valence electrons. The SMILES string of the molecule is CN(C)CCNC(C(N)=O)c1ncc(Br)cc1Br. The van der Waals surface area contributed by atoms with E-state index in [1.54, 1.807) is 6.20 Å². The molecule has 0 bridgehead atoms. The van der Waals surface area contributed by atoms with Crippen molar-refractivity contribution in [2.45, 2.75) is 6.04 Å². The molecule has 0 saturated heterocycles. The number of nitrogens with one attached hydrogen (secondary N) is 1. The smallest absolute Gasteiger partial charge is 0.240 e. The maximum Gasteiger partial charge on any atom is 0.240 e. The van der Waals surface area contributed by atoms with Crippen LogP contribution in [0.15, 0.2) is 21.2 Å². The van der Waals surface area contributed by atoms with Crippen LogP contribution >= 0.6 is 31.9 Å². The zero-order chi connectivity index (χ0) is 13.7. The van der Waals surface area contributed by atoms with E-state index < -0.39 is 11.9 Å². The quantitative estimate of drug-likeness (QED) is 0.781. The van der Waals surface area contributed by atoms with Gasteiger partial charge < -0.3 is 10.6 Å². The van der Waals surface area contributed by atoms with Gasteiger partial charge >= 0.3 is 0 Å². The summed E-state index contributed by atoms with van der Waals surface area (Å²) in [6.45, 7) is 1.47. The van der Waals surface area contributed by atoms with Crippen LogP contribution in [0.5, 0.6) is 0 Å². The lowest BCUT2D eigenvalue weighted by Gasteiger charge is -2.18. The van der Waals surface area contributed by atoms with Crippen molar-refractivity contribution in [3.8, 4) is 0 Å². The molecule has 0 spiro atoms. The van der Waals surface area contributed by atoms with Gasteiger partial charge in [0.15, 0.2) is 0 Å². The van der Waals surface area contributed by atoms with Crippen molar-refractivity contribution in [3.63, 3.8) is 0 Å². The third-order valence-electron chi connectivity index (χ3n) is 2.30. The topological polar surface area (TPSA) is 71.2 Å². The zero-order valence-corrected chi connectivity index (χ0v) is 13.5. The minimum Gasteiger partial charge on any atom is -0.368 e. The Morgan fingerprint density at radius 1 is 1.56 bits per heavy atom. The Balaban J connectivity index is 2.81. The molecule has 7 heteroatoms. The number of carbonyl (C=O) groups excluding carboxylic acids is 1. The molecule has 5 nitrogen and oxygen atoms in total. The fourth-order valence-corrected chi connectivity index (χ4v) is 2.62. The van der Waals surface area contributed by atoms with E-state index in [-0.39, 0.29) is 0 Å². The number of nitrogens with two attached hydrogens (primary N) is 1. The molecule has 1 amide bonds. The first-order chi connectivity index (χ1) is 8.41. The van der Waals surface area contributed by atoms with E-state index in [0.717, 1.165) is 15.5 Å². The molecule has 1 heterocycles. The molecule has 0 fully saturated rings. The molecular formula is C11H16Br2N4O. The van der Waals surface area contributed by atoms with Crippen LogP contribution < -0.4 is 11.1 Å². The molecule has 0 aliphatic heterocycles. The number of hydrogen-bond donors (Lipinski definition) is 2. The second kappa shape index (κ2) is 7.18. The second-order valence-electron chi connectivity index (χ2n) is 4.11. The molecule has 1 unspecified atom stereocenters. The monoisotopic (exact) mass is 378 g/mol. The number of likely N-dealkylation sites (N-methyl/N-ethyl adjacent to an activating group) is 1. The van der Waals surface area contributed by atoms with Gasteiger partial charge in [-0.05, 0) is 52.0 Å². The number of pyridine rings is 1. The van der Waals surface area contributed by atoms with Gasteiger partial charge in [-0.25, -0.2) is 0 Å². The fourth-order valence-electron chi connectivity index (χ4n) is 1.40. The summed E-state index contributed by atoms with van der Waals surface area (Å²) < 4.78 is 1.59. The number of nitrogens with zero attached hydrogens (tertiary/aromatic N) is 2. The Bertz CT molecular complexity index is 426. The minimum atomic E-state index is -0.590. The summed E-state index contributed by atoms with van der Waals surface area (Å²) in [5.74, 6) is -0.440. The van der Waals surface area contributed by atoms with Crippen LogP contribution in [0, 0.1) is 0 Å². The number of primary amides is 1. The molecule has 0 radical (unpaired) electrons. The predicted octanol–water partition coefficient (Wildman–Crippen LogP) is 1.28. The summed E-state index contributed by atoms with van der Waals surface area (Å²) >= 11 is 6.70. The first-order valence-electron chi connectivity index (χ1n) is 5.40. The standard InChI is InChI=1S/C11H16Br2N4O/c1-17(2)4-3-15-10(11(14)18)9-8(13)5-7(12)6-16-9/h5-6,10,15H,3-4H2,1-2H3,(H2,14,18). The van der Waals surface area contributed by atoms with E-state index in [1.165, 1.54) is 0 Å². The van der Waals surface area contributed by atoms with Crippen molar-refractivity contribution in [2.24, 2.45) is 5.73 Å². The van der Waals surface area contributed by atoms with Crippen LogP contribution in [0.1, 0.15) is 11.7 Å². The maximum atomic E-state index is 11.5. The Kier molecular flexibility index (Phi) is 6.20. The van der Waals surface area contributed by atoms with Crippen LogP contribution in [-0.2, 0) is 4.79 Å². The van der Waals surface area contributed by atoms with Gasteiger partial charge in [-0.1, -0.05) is 0 Å². The summed E-state index contributed by atoms with van der Waals surface area (Å²) in [6.07, 6.45) is 1.64. The lowest BCUT2D eigenvalue weighted by molar-refractivity contribution is -0.120. The third kappa shape index (κ3) is 4.64. The second-order valence-corrected chi connectivity index (χ2v) is 5.88. The highest BCUT2D eigenvalue weighted by Crippen LogP contribution is 2.24. The fraction of sp³-hybridized carbons (Fsp3) is 0.455. The lowest BCUT2D eigenvalue weighted by atomic mass is 10.2. The van der Waals surface area contributed by atoms with Crippen molar-refractivity contribution >= 4 is 37.8 Å². The Hall–Kier alpha value is -0.500. The summed E-state index contributed by atoms with van der Waals surface area (Å²) in [5.41, 5.74) is 6.01. The lowest BCUT2D eigenvalue weighted by Crippen LogP contribution is -2.37. The van der Waals surface area contributed by atoms with Gasteiger partial charge in [0, 0.05) is 28.2 Å². The number of aromatic nitrogens is 1. The summed E-state index contributed by atoms with van der Waals surface area (Å²) in [4.78, 5) is 17.7. The Morgan fingerprint density at radius 2 is 2.22 bits per heavy atom. The van der Waals surface area contributed by atoms with Crippen molar-refractivity contribution in [2.75, 3.05) is 27.2 Å². The van der Waals surface area contributed by atoms with Crippen molar-refractivity contribution in [1.82, 2.24) is 15.2 Å². The van der Waals surface area contributed by atoms with E-state index in [4.69, 9.17) is 5.73 Å². The predicted molar refractivity (Wildman–Crippen MR) is 78.1 cm³/mol. The zero-order valence-electron chi connectivity index (χ0n) is 10.3. The molecule has 18 heavy (non-hydrogen) atoms.